The molecule has 0 fully saturated rings. The molecule has 0 aliphatic rings. The van der Waals surface area contributed by atoms with Gasteiger partial charge in [-0.2, -0.15) is 0 Å². The van der Waals surface area contributed by atoms with Gasteiger partial charge in [0.25, 0.3) is 5.91 Å². The van der Waals surface area contributed by atoms with Gasteiger partial charge in [-0.25, -0.2) is 0 Å². The fourth-order valence-corrected chi connectivity index (χ4v) is 2.72. The van der Waals surface area contributed by atoms with Crippen LogP contribution in [0.15, 0.2) is 46.9 Å². The van der Waals surface area contributed by atoms with Crippen molar-refractivity contribution < 1.29 is 19.1 Å². The number of hydrogen-bond donors (Lipinski definition) is 1. The molecule has 0 bridgehead atoms. The number of methoxy groups -OCH3 is 1. The maximum absolute atomic E-state index is 12.6. The number of likely N-dealkylation sites (N-methyl/N-ethyl adjacent to an activating group) is 1. The van der Waals surface area contributed by atoms with E-state index in [4.69, 9.17) is 9.47 Å². The fourth-order valence-electron chi connectivity index (χ4n) is 2.34. The SMILES string of the molecule is CCOc1ccc(C(=O)N(C)CC(=O)Nc2ccccc2Br)cc1OC. The summed E-state index contributed by atoms with van der Waals surface area (Å²) in [7, 11) is 3.09. The average Bonchev–Trinajstić information content (AvgIpc) is 2.63. The van der Waals surface area contributed by atoms with Gasteiger partial charge in [0, 0.05) is 17.1 Å². The van der Waals surface area contributed by atoms with E-state index >= 15 is 0 Å². The number of benzene rings is 2. The number of hydrogen-bond acceptors (Lipinski definition) is 4. The number of ether oxygens (including phenoxy) is 2. The normalized spacial score (nSPS) is 10.2. The van der Waals surface area contributed by atoms with Crippen LogP contribution in [-0.4, -0.2) is 44.0 Å². The van der Waals surface area contributed by atoms with Crippen LogP contribution in [-0.2, 0) is 4.79 Å². The van der Waals surface area contributed by atoms with Crippen molar-refractivity contribution in [3.05, 3.63) is 52.5 Å². The summed E-state index contributed by atoms with van der Waals surface area (Å²) in [5, 5.41) is 2.77. The minimum absolute atomic E-state index is 0.0737. The molecule has 0 aromatic heterocycles. The highest BCUT2D eigenvalue weighted by atomic mass is 79.9. The Kier molecular flexibility index (Phi) is 7.03. The molecule has 0 heterocycles. The average molecular weight is 421 g/mol. The molecule has 2 aromatic carbocycles. The molecule has 2 amide bonds. The van der Waals surface area contributed by atoms with Crippen LogP contribution in [0.2, 0.25) is 0 Å². The first-order chi connectivity index (χ1) is 12.5. The van der Waals surface area contributed by atoms with Crippen molar-refractivity contribution in [1.29, 1.82) is 0 Å². The quantitative estimate of drug-likeness (QED) is 0.743. The zero-order chi connectivity index (χ0) is 19.1. The monoisotopic (exact) mass is 420 g/mol. The Bertz CT molecular complexity index is 795. The van der Waals surface area contributed by atoms with Crippen molar-refractivity contribution in [2.45, 2.75) is 6.92 Å². The second-order valence-electron chi connectivity index (χ2n) is 5.49. The zero-order valence-corrected chi connectivity index (χ0v) is 16.5. The van der Waals surface area contributed by atoms with Crippen LogP contribution >= 0.6 is 15.9 Å². The lowest BCUT2D eigenvalue weighted by molar-refractivity contribution is -0.116. The second kappa shape index (κ2) is 9.24. The molecule has 0 radical (unpaired) electrons. The predicted molar refractivity (Wildman–Crippen MR) is 104 cm³/mol. The van der Waals surface area contributed by atoms with Gasteiger partial charge in [0.05, 0.1) is 25.9 Å². The molecule has 0 saturated carbocycles. The Balaban J connectivity index is 2.05. The largest absolute Gasteiger partial charge is 0.493 e. The summed E-state index contributed by atoms with van der Waals surface area (Å²) in [5.74, 6) is 0.476. The third-order valence-electron chi connectivity index (χ3n) is 3.59. The van der Waals surface area contributed by atoms with Crippen molar-refractivity contribution in [3.8, 4) is 11.5 Å². The third kappa shape index (κ3) is 4.98. The topological polar surface area (TPSA) is 67.9 Å². The van der Waals surface area contributed by atoms with Gasteiger partial charge >= 0.3 is 0 Å². The number of rotatable bonds is 7. The molecule has 0 aliphatic heterocycles. The number of carbonyl (C=O) groups is 2. The highest BCUT2D eigenvalue weighted by Gasteiger charge is 2.17. The summed E-state index contributed by atoms with van der Waals surface area (Å²) in [4.78, 5) is 26.1. The van der Waals surface area contributed by atoms with E-state index in [1.54, 1.807) is 31.3 Å². The zero-order valence-electron chi connectivity index (χ0n) is 14.9. The third-order valence-corrected chi connectivity index (χ3v) is 4.28. The lowest BCUT2D eigenvalue weighted by atomic mass is 10.1. The summed E-state index contributed by atoms with van der Waals surface area (Å²) in [6, 6.07) is 12.2. The molecule has 1 N–H and O–H groups in total. The summed E-state index contributed by atoms with van der Waals surface area (Å²) in [5.41, 5.74) is 1.07. The van der Waals surface area contributed by atoms with E-state index < -0.39 is 0 Å². The Morgan fingerprint density at radius 1 is 1.15 bits per heavy atom. The standard InChI is InChI=1S/C19H21BrN2O4/c1-4-26-16-10-9-13(11-17(16)25-3)19(24)22(2)12-18(23)21-15-8-6-5-7-14(15)20/h5-11H,4,12H2,1-3H3,(H,21,23). The molecule has 0 aliphatic carbocycles. The Hall–Kier alpha value is -2.54. The highest BCUT2D eigenvalue weighted by molar-refractivity contribution is 9.10. The molecule has 2 aromatic rings. The van der Waals surface area contributed by atoms with Crippen molar-refractivity contribution >= 4 is 33.4 Å². The van der Waals surface area contributed by atoms with Crippen molar-refractivity contribution in [3.63, 3.8) is 0 Å². The molecule has 138 valence electrons. The van der Waals surface area contributed by atoms with Gasteiger partial charge in [0.15, 0.2) is 11.5 Å². The van der Waals surface area contributed by atoms with Crippen LogP contribution in [0.1, 0.15) is 17.3 Å². The molecular weight excluding hydrogens is 400 g/mol. The Labute approximate surface area is 161 Å². The maximum atomic E-state index is 12.6. The van der Waals surface area contributed by atoms with E-state index in [1.165, 1.54) is 12.0 Å². The smallest absolute Gasteiger partial charge is 0.254 e. The minimum Gasteiger partial charge on any atom is -0.493 e. The minimum atomic E-state index is -0.286. The van der Waals surface area contributed by atoms with E-state index in [0.29, 0.717) is 29.4 Å². The van der Waals surface area contributed by atoms with E-state index in [-0.39, 0.29) is 18.4 Å². The van der Waals surface area contributed by atoms with E-state index in [9.17, 15) is 9.59 Å². The number of nitrogens with one attached hydrogen (secondary N) is 1. The summed E-state index contributed by atoms with van der Waals surface area (Å²) in [6.07, 6.45) is 0. The molecule has 0 unspecified atom stereocenters. The number of carbonyl (C=O) groups excluding carboxylic acids is 2. The van der Waals surface area contributed by atoms with Crippen LogP contribution < -0.4 is 14.8 Å². The summed E-state index contributed by atoms with van der Waals surface area (Å²) in [6.45, 7) is 2.30. The second-order valence-corrected chi connectivity index (χ2v) is 6.34. The van der Waals surface area contributed by atoms with Crippen molar-refractivity contribution in [1.82, 2.24) is 4.90 Å². The van der Waals surface area contributed by atoms with E-state index in [1.807, 2.05) is 25.1 Å². The van der Waals surface area contributed by atoms with Crippen LogP contribution in [0, 0.1) is 0 Å². The van der Waals surface area contributed by atoms with Gasteiger partial charge in [-0.1, -0.05) is 12.1 Å². The number of halogens is 1. The molecule has 0 atom stereocenters. The van der Waals surface area contributed by atoms with Crippen LogP contribution in [0.4, 0.5) is 5.69 Å². The highest BCUT2D eigenvalue weighted by Crippen LogP contribution is 2.28. The lowest BCUT2D eigenvalue weighted by Gasteiger charge is -2.18. The van der Waals surface area contributed by atoms with E-state index in [2.05, 4.69) is 21.2 Å². The summed E-state index contributed by atoms with van der Waals surface area (Å²) < 4.78 is 11.5. The Morgan fingerprint density at radius 2 is 1.88 bits per heavy atom. The molecule has 0 saturated heterocycles. The van der Waals surface area contributed by atoms with Gasteiger partial charge in [-0.15, -0.1) is 0 Å². The van der Waals surface area contributed by atoms with Gasteiger partial charge in [0.1, 0.15) is 0 Å². The molecule has 7 heteroatoms. The summed E-state index contributed by atoms with van der Waals surface area (Å²) >= 11 is 3.37. The maximum Gasteiger partial charge on any atom is 0.254 e. The van der Waals surface area contributed by atoms with Crippen molar-refractivity contribution in [2.75, 3.05) is 32.6 Å². The molecule has 2 rings (SSSR count). The number of para-hydroxylation sites is 1. The first kappa shape index (κ1) is 19.8. The molecule has 0 spiro atoms. The van der Waals surface area contributed by atoms with Gasteiger partial charge in [0.2, 0.25) is 5.91 Å². The number of amides is 2. The van der Waals surface area contributed by atoms with Gasteiger partial charge in [-0.3, -0.25) is 9.59 Å². The molecular formula is C19H21BrN2O4. The fraction of sp³-hybridized carbons (Fsp3) is 0.263. The Morgan fingerprint density at radius 3 is 2.54 bits per heavy atom. The van der Waals surface area contributed by atoms with Crippen LogP contribution in [0.5, 0.6) is 11.5 Å². The van der Waals surface area contributed by atoms with Crippen LogP contribution in [0.3, 0.4) is 0 Å². The lowest BCUT2D eigenvalue weighted by Crippen LogP contribution is -2.35. The van der Waals surface area contributed by atoms with Gasteiger partial charge in [-0.05, 0) is 53.2 Å². The van der Waals surface area contributed by atoms with Gasteiger partial charge < -0.3 is 19.7 Å². The first-order valence-electron chi connectivity index (χ1n) is 8.07. The molecule has 26 heavy (non-hydrogen) atoms. The first-order valence-corrected chi connectivity index (χ1v) is 8.86. The number of nitrogens with zero attached hydrogens (tertiary/aromatic N) is 1. The van der Waals surface area contributed by atoms with Crippen molar-refractivity contribution in [2.24, 2.45) is 0 Å². The van der Waals surface area contributed by atoms with E-state index in [0.717, 1.165) is 4.47 Å². The number of anilines is 1. The van der Waals surface area contributed by atoms with Crippen LogP contribution in [0.25, 0.3) is 0 Å². The molecule has 6 nitrogen and oxygen atoms in total. The predicted octanol–water partition coefficient (Wildman–Crippen LogP) is 3.57.